The van der Waals surface area contributed by atoms with Gasteiger partial charge in [-0.1, -0.05) is 0 Å². The molecule has 0 aliphatic carbocycles. The topological polar surface area (TPSA) is 56.8 Å². The number of fused-ring (bicyclic) bond motifs is 1. The van der Waals surface area contributed by atoms with Crippen LogP contribution in [0.5, 0.6) is 0 Å². The Bertz CT molecular complexity index is 467. The summed E-state index contributed by atoms with van der Waals surface area (Å²) in [6, 6.07) is 2.28. The molecule has 5 heteroatoms. The molecule has 1 fully saturated rings. The summed E-state index contributed by atoms with van der Waals surface area (Å²) in [6.07, 6.45) is 3.61. The minimum atomic E-state index is 0.337. The van der Waals surface area contributed by atoms with Crippen LogP contribution in [0.4, 0.5) is 0 Å². The molecule has 1 atom stereocenters. The van der Waals surface area contributed by atoms with E-state index in [-0.39, 0.29) is 0 Å². The van der Waals surface area contributed by atoms with E-state index < -0.39 is 0 Å². The van der Waals surface area contributed by atoms with E-state index >= 15 is 0 Å². The minimum absolute atomic E-state index is 0.337. The number of hydrogen-bond acceptors (Lipinski definition) is 4. The molecule has 3 heterocycles. The van der Waals surface area contributed by atoms with Gasteiger partial charge in [0.2, 0.25) is 0 Å². The highest BCUT2D eigenvalue weighted by atomic mass is 15.2. The average molecular weight is 231 g/mol. The van der Waals surface area contributed by atoms with Gasteiger partial charge in [0.05, 0.1) is 23.3 Å². The molecule has 2 aromatic heterocycles. The van der Waals surface area contributed by atoms with Crippen molar-refractivity contribution in [2.75, 3.05) is 26.2 Å². The molecule has 90 valence electrons. The van der Waals surface area contributed by atoms with Gasteiger partial charge in [0.15, 0.2) is 0 Å². The number of pyridine rings is 1. The Morgan fingerprint density at radius 3 is 2.94 bits per heavy atom. The van der Waals surface area contributed by atoms with Gasteiger partial charge in [0, 0.05) is 32.4 Å². The lowest BCUT2D eigenvalue weighted by molar-refractivity contribution is 0.180. The Hall–Kier alpha value is -1.46. The minimum Gasteiger partial charge on any atom is -0.339 e. The average Bonchev–Trinajstić information content (AvgIpc) is 2.82. The first-order chi connectivity index (χ1) is 8.34. The first-order valence-electron chi connectivity index (χ1n) is 6.09. The summed E-state index contributed by atoms with van der Waals surface area (Å²) in [4.78, 5) is 14.5. The van der Waals surface area contributed by atoms with Crippen molar-refractivity contribution in [1.29, 1.82) is 0 Å². The predicted molar refractivity (Wildman–Crippen MR) is 66.7 cm³/mol. The fourth-order valence-electron chi connectivity index (χ4n) is 2.32. The van der Waals surface area contributed by atoms with Gasteiger partial charge in [0.25, 0.3) is 0 Å². The Labute approximate surface area is 100 Å². The van der Waals surface area contributed by atoms with Crippen molar-refractivity contribution in [2.45, 2.75) is 13.0 Å². The van der Waals surface area contributed by atoms with Gasteiger partial charge in [0.1, 0.15) is 5.82 Å². The summed E-state index contributed by atoms with van der Waals surface area (Å²) in [6.45, 7) is 6.49. The quantitative estimate of drug-likeness (QED) is 0.807. The van der Waals surface area contributed by atoms with E-state index in [0.29, 0.717) is 6.04 Å². The van der Waals surface area contributed by atoms with Gasteiger partial charge in [-0.3, -0.25) is 9.88 Å². The second kappa shape index (κ2) is 4.43. The maximum absolute atomic E-state index is 4.63. The first-order valence-corrected chi connectivity index (χ1v) is 6.09. The van der Waals surface area contributed by atoms with Crippen LogP contribution in [0.1, 0.15) is 18.8 Å². The van der Waals surface area contributed by atoms with Crippen molar-refractivity contribution < 1.29 is 0 Å². The van der Waals surface area contributed by atoms with Crippen LogP contribution in [0.25, 0.3) is 11.0 Å². The zero-order valence-corrected chi connectivity index (χ0v) is 9.98. The Balaban J connectivity index is 1.86. The molecule has 2 aromatic rings. The van der Waals surface area contributed by atoms with Crippen LogP contribution in [0.3, 0.4) is 0 Å². The standard InChI is InChI=1S/C12H17N5/c1-9(17-6-4-13-5-7-17)12-15-10-2-3-14-8-11(10)16-12/h2-3,8-9,13H,4-7H2,1H3,(H,15,16). The molecule has 0 radical (unpaired) electrons. The van der Waals surface area contributed by atoms with Gasteiger partial charge in [-0.25, -0.2) is 4.98 Å². The van der Waals surface area contributed by atoms with Crippen molar-refractivity contribution in [1.82, 2.24) is 25.2 Å². The number of rotatable bonds is 2. The second-order valence-corrected chi connectivity index (χ2v) is 4.48. The molecule has 0 saturated carbocycles. The molecule has 17 heavy (non-hydrogen) atoms. The lowest BCUT2D eigenvalue weighted by Crippen LogP contribution is -2.44. The third kappa shape index (κ3) is 2.03. The van der Waals surface area contributed by atoms with Gasteiger partial charge in [-0.2, -0.15) is 0 Å². The van der Waals surface area contributed by atoms with E-state index in [1.807, 2.05) is 12.3 Å². The lowest BCUT2D eigenvalue weighted by Gasteiger charge is -2.31. The number of nitrogens with zero attached hydrogens (tertiary/aromatic N) is 3. The highest BCUT2D eigenvalue weighted by Crippen LogP contribution is 2.20. The maximum Gasteiger partial charge on any atom is 0.124 e. The van der Waals surface area contributed by atoms with Crippen LogP contribution < -0.4 is 5.32 Å². The molecule has 0 bridgehead atoms. The monoisotopic (exact) mass is 231 g/mol. The Morgan fingerprint density at radius 1 is 1.35 bits per heavy atom. The summed E-state index contributed by atoms with van der Waals surface area (Å²) in [5.41, 5.74) is 2.02. The van der Waals surface area contributed by atoms with E-state index in [1.165, 1.54) is 0 Å². The van der Waals surface area contributed by atoms with Crippen LogP contribution in [-0.4, -0.2) is 46.0 Å². The normalized spacial score (nSPS) is 19.6. The molecule has 1 aliphatic heterocycles. The molecule has 5 nitrogen and oxygen atoms in total. The maximum atomic E-state index is 4.63. The smallest absolute Gasteiger partial charge is 0.124 e. The molecule has 1 unspecified atom stereocenters. The predicted octanol–water partition coefficient (Wildman–Crippen LogP) is 0.924. The number of aromatic nitrogens is 3. The number of nitrogens with one attached hydrogen (secondary N) is 2. The number of H-pyrrole nitrogens is 1. The SMILES string of the molecule is CC(c1nc2ccncc2[nH]1)N1CCNCC1. The molecular weight excluding hydrogens is 214 g/mol. The molecule has 3 rings (SSSR count). The first kappa shape index (κ1) is 10.7. The zero-order chi connectivity index (χ0) is 11.7. The van der Waals surface area contributed by atoms with E-state index in [9.17, 15) is 0 Å². The molecule has 1 aliphatic rings. The van der Waals surface area contributed by atoms with Crippen LogP contribution >= 0.6 is 0 Å². The van der Waals surface area contributed by atoms with Crippen molar-refractivity contribution in [3.63, 3.8) is 0 Å². The number of aromatic amines is 1. The third-order valence-corrected chi connectivity index (χ3v) is 3.40. The van der Waals surface area contributed by atoms with Crippen molar-refractivity contribution >= 4 is 11.0 Å². The van der Waals surface area contributed by atoms with Crippen molar-refractivity contribution in [2.24, 2.45) is 0 Å². The van der Waals surface area contributed by atoms with E-state index in [4.69, 9.17) is 0 Å². The van der Waals surface area contributed by atoms with Gasteiger partial charge < -0.3 is 10.3 Å². The molecule has 0 aromatic carbocycles. The summed E-state index contributed by atoms with van der Waals surface area (Å²) in [7, 11) is 0. The summed E-state index contributed by atoms with van der Waals surface area (Å²) >= 11 is 0. The second-order valence-electron chi connectivity index (χ2n) is 4.48. The van der Waals surface area contributed by atoms with Gasteiger partial charge >= 0.3 is 0 Å². The van der Waals surface area contributed by atoms with Crippen molar-refractivity contribution in [3.05, 3.63) is 24.3 Å². The summed E-state index contributed by atoms with van der Waals surface area (Å²) in [5, 5.41) is 3.37. The van der Waals surface area contributed by atoms with Crippen LogP contribution in [0.2, 0.25) is 0 Å². The molecule has 2 N–H and O–H groups in total. The number of imidazole rings is 1. The van der Waals surface area contributed by atoms with E-state index in [2.05, 4.69) is 32.1 Å². The zero-order valence-electron chi connectivity index (χ0n) is 9.98. The van der Waals surface area contributed by atoms with Crippen LogP contribution in [0, 0.1) is 0 Å². The molecular formula is C12H17N5. The Kier molecular flexibility index (Phi) is 2.78. The van der Waals surface area contributed by atoms with E-state index in [0.717, 1.165) is 43.0 Å². The van der Waals surface area contributed by atoms with Crippen molar-refractivity contribution in [3.8, 4) is 0 Å². The third-order valence-electron chi connectivity index (χ3n) is 3.40. The molecule has 1 saturated heterocycles. The highest BCUT2D eigenvalue weighted by molar-refractivity contribution is 5.73. The van der Waals surface area contributed by atoms with Gasteiger partial charge in [-0.15, -0.1) is 0 Å². The summed E-state index contributed by atoms with van der Waals surface area (Å²) < 4.78 is 0. The number of piperazine rings is 1. The largest absolute Gasteiger partial charge is 0.339 e. The Morgan fingerprint density at radius 2 is 2.18 bits per heavy atom. The lowest BCUT2D eigenvalue weighted by atomic mass is 10.2. The fraction of sp³-hybridized carbons (Fsp3) is 0.500. The molecule has 0 amide bonds. The number of hydrogen-bond donors (Lipinski definition) is 2. The molecule has 0 spiro atoms. The van der Waals surface area contributed by atoms with Crippen LogP contribution in [-0.2, 0) is 0 Å². The van der Waals surface area contributed by atoms with E-state index in [1.54, 1.807) is 6.20 Å². The highest BCUT2D eigenvalue weighted by Gasteiger charge is 2.20. The fourth-order valence-corrected chi connectivity index (χ4v) is 2.32. The summed E-state index contributed by atoms with van der Waals surface area (Å²) in [5.74, 6) is 1.04. The van der Waals surface area contributed by atoms with Crippen LogP contribution in [0.15, 0.2) is 18.5 Å². The van der Waals surface area contributed by atoms with Gasteiger partial charge in [-0.05, 0) is 13.0 Å².